The highest BCUT2D eigenvalue weighted by Crippen LogP contribution is 2.18. The van der Waals surface area contributed by atoms with Gasteiger partial charge in [0.2, 0.25) is 10.0 Å². The van der Waals surface area contributed by atoms with Crippen molar-refractivity contribution >= 4 is 10.0 Å². The Hall–Kier alpha value is -1.83. The van der Waals surface area contributed by atoms with E-state index in [4.69, 9.17) is 4.74 Å². The number of sulfonamides is 1. The average molecular weight is 338 g/mol. The Morgan fingerprint density at radius 3 is 2.52 bits per heavy atom. The van der Waals surface area contributed by atoms with E-state index in [9.17, 15) is 12.8 Å². The first-order valence-corrected chi connectivity index (χ1v) is 8.62. The summed E-state index contributed by atoms with van der Waals surface area (Å²) in [4.78, 5) is 4.23. The molecule has 0 bridgehead atoms. The molecule has 1 heterocycles. The number of hydrogen-bond acceptors (Lipinski definition) is 4. The number of aromatic nitrogens is 1. The summed E-state index contributed by atoms with van der Waals surface area (Å²) in [6.45, 7) is 0.909. The van der Waals surface area contributed by atoms with Gasteiger partial charge in [-0.25, -0.2) is 12.8 Å². The largest absolute Gasteiger partial charge is 0.385 e. The topological polar surface area (TPSA) is 59.5 Å². The minimum Gasteiger partial charge on any atom is -0.385 e. The lowest BCUT2D eigenvalue weighted by atomic mass is 10.3. The van der Waals surface area contributed by atoms with Crippen LogP contribution in [0.3, 0.4) is 0 Å². The molecule has 0 radical (unpaired) electrons. The van der Waals surface area contributed by atoms with E-state index in [-0.39, 0.29) is 11.4 Å². The molecule has 5 nitrogen and oxygen atoms in total. The van der Waals surface area contributed by atoms with Crippen LogP contribution in [0.2, 0.25) is 0 Å². The van der Waals surface area contributed by atoms with E-state index in [1.165, 1.54) is 16.4 Å². The van der Waals surface area contributed by atoms with Crippen molar-refractivity contribution < 1.29 is 17.5 Å². The van der Waals surface area contributed by atoms with E-state index in [1.807, 2.05) is 0 Å². The zero-order valence-electron chi connectivity index (χ0n) is 12.9. The first-order chi connectivity index (χ1) is 11.0. The summed E-state index contributed by atoms with van der Waals surface area (Å²) in [5.74, 6) is -0.473. The molecule has 23 heavy (non-hydrogen) atoms. The molecule has 7 heteroatoms. The summed E-state index contributed by atoms with van der Waals surface area (Å²) in [6.07, 6.45) is 2.18. The monoisotopic (exact) mass is 338 g/mol. The maximum Gasteiger partial charge on any atom is 0.243 e. The van der Waals surface area contributed by atoms with Gasteiger partial charge in [0.05, 0.1) is 17.1 Å². The van der Waals surface area contributed by atoms with Gasteiger partial charge in [0.1, 0.15) is 5.82 Å². The van der Waals surface area contributed by atoms with Crippen molar-refractivity contribution in [3.63, 3.8) is 0 Å². The molecule has 0 N–H and O–H groups in total. The molecule has 0 aliphatic heterocycles. The Labute approximate surface area is 135 Å². The third-order valence-electron chi connectivity index (χ3n) is 3.27. The molecule has 124 valence electrons. The molecule has 0 amide bonds. The van der Waals surface area contributed by atoms with Gasteiger partial charge in [-0.15, -0.1) is 0 Å². The highest BCUT2D eigenvalue weighted by atomic mass is 32.2. The van der Waals surface area contributed by atoms with Gasteiger partial charge in [-0.1, -0.05) is 6.07 Å². The molecule has 1 aromatic heterocycles. The minimum absolute atomic E-state index is 0.0623. The summed E-state index contributed by atoms with van der Waals surface area (Å²) >= 11 is 0. The van der Waals surface area contributed by atoms with Gasteiger partial charge in [-0.2, -0.15) is 4.31 Å². The zero-order chi connectivity index (χ0) is 16.7. The second-order valence-electron chi connectivity index (χ2n) is 4.96. The molecular weight excluding hydrogens is 319 g/mol. The van der Waals surface area contributed by atoms with Gasteiger partial charge in [-0.05, 0) is 42.8 Å². The van der Waals surface area contributed by atoms with Gasteiger partial charge in [0.15, 0.2) is 0 Å². The number of halogens is 1. The van der Waals surface area contributed by atoms with Crippen LogP contribution in [0.4, 0.5) is 4.39 Å². The molecule has 0 fully saturated rings. The SMILES string of the molecule is COCCCN(Cc1ccccn1)S(=O)(=O)c1ccc(F)cc1. The molecule has 2 rings (SSSR count). The first-order valence-electron chi connectivity index (χ1n) is 7.18. The summed E-state index contributed by atoms with van der Waals surface area (Å²) < 4.78 is 44.9. The fourth-order valence-electron chi connectivity index (χ4n) is 2.10. The molecule has 0 atom stereocenters. The predicted molar refractivity (Wildman–Crippen MR) is 84.7 cm³/mol. The molecule has 0 saturated carbocycles. The molecular formula is C16H19FN2O3S. The lowest BCUT2D eigenvalue weighted by Gasteiger charge is -2.22. The van der Waals surface area contributed by atoms with Crippen molar-refractivity contribution in [2.45, 2.75) is 17.9 Å². The number of rotatable bonds is 8. The molecule has 0 aliphatic carbocycles. The second kappa shape index (κ2) is 8.14. The van der Waals surface area contributed by atoms with Crippen LogP contribution in [0.15, 0.2) is 53.6 Å². The van der Waals surface area contributed by atoms with E-state index in [2.05, 4.69) is 4.98 Å². The van der Waals surface area contributed by atoms with Crippen LogP contribution >= 0.6 is 0 Å². The number of pyridine rings is 1. The normalized spacial score (nSPS) is 11.8. The van der Waals surface area contributed by atoms with Crippen molar-refractivity contribution in [3.8, 4) is 0 Å². The summed E-state index contributed by atoms with van der Waals surface area (Å²) in [7, 11) is -2.16. The third-order valence-corrected chi connectivity index (χ3v) is 5.13. The summed E-state index contributed by atoms with van der Waals surface area (Å²) in [5.41, 5.74) is 0.649. The van der Waals surface area contributed by atoms with Crippen LogP contribution in [0.1, 0.15) is 12.1 Å². The molecule has 2 aromatic rings. The quantitative estimate of drug-likeness (QED) is 0.694. The van der Waals surface area contributed by atoms with Crippen LogP contribution in [-0.2, 0) is 21.3 Å². The molecule has 0 spiro atoms. The fourth-order valence-corrected chi connectivity index (χ4v) is 3.55. The van der Waals surface area contributed by atoms with Crippen molar-refractivity contribution in [1.29, 1.82) is 0 Å². The van der Waals surface area contributed by atoms with Gasteiger partial charge in [-0.3, -0.25) is 4.98 Å². The lowest BCUT2D eigenvalue weighted by molar-refractivity contribution is 0.186. The maximum absolute atomic E-state index is 13.0. The van der Waals surface area contributed by atoms with Gasteiger partial charge < -0.3 is 4.74 Å². The van der Waals surface area contributed by atoms with Crippen molar-refractivity contribution in [3.05, 3.63) is 60.2 Å². The zero-order valence-corrected chi connectivity index (χ0v) is 13.7. The van der Waals surface area contributed by atoms with Crippen LogP contribution in [0, 0.1) is 5.82 Å². The van der Waals surface area contributed by atoms with Crippen LogP contribution in [0.5, 0.6) is 0 Å². The van der Waals surface area contributed by atoms with Crippen LogP contribution in [0.25, 0.3) is 0 Å². The minimum atomic E-state index is -3.73. The van der Waals surface area contributed by atoms with Gasteiger partial charge in [0, 0.05) is 26.5 Å². The van der Waals surface area contributed by atoms with Crippen LogP contribution in [-0.4, -0.2) is 38.0 Å². The second-order valence-corrected chi connectivity index (χ2v) is 6.90. The van der Waals surface area contributed by atoms with Crippen molar-refractivity contribution in [2.75, 3.05) is 20.3 Å². The summed E-state index contributed by atoms with van der Waals surface area (Å²) in [6, 6.07) is 10.2. The highest BCUT2D eigenvalue weighted by Gasteiger charge is 2.24. The molecule has 0 saturated heterocycles. The first kappa shape index (κ1) is 17.5. The Morgan fingerprint density at radius 2 is 1.91 bits per heavy atom. The fraction of sp³-hybridized carbons (Fsp3) is 0.312. The summed E-state index contributed by atoms with van der Waals surface area (Å²) in [5, 5.41) is 0. The van der Waals surface area contributed by atoms with Gasteiger partial charge in [0.25, 0.3) is 0 Å². The third kappa shape index (κ3) is 4.82. The Kier molecular flexibility index (Phi) is 6.20. The van der Waals surface area contributed by atoms with Crippen LogP contribution < -0.4 is 0 Å². The Morgan fingerprint density at radius 1 is 1.17 bits per heavy atom. The number of nitrogens with zero attached hydrogens (tertiary/aromatic N) is 2. The lowest BCUT2D eigenvalue weighted by Crippen LogP contribution is -2.32. The number of ether oxygens (including phenoxy) is 1. The average Bonchev–Trinajstić information content (AvgIpc) is 2.55. The van der Waals surface area contributed by atoms with E-state index in [0.717, 1.165) is 12.1 Å². The van der Waals surface area contributed by atoms with E-state index in [0.29, 0.717) is 25.3 Å². The molecule has 1 aromatic carbocycles. The van der Waals surface area contributed by atoms with Crippen molar-refractivity contribution in [2.24, 2.45) is 0 Å². The maximum atomic E-state index is 13.0. The smallest absolute Gasteiger partial charge is 0.243 e. The molecule has 0 unspecified atom stereocenters. The highest BCUT2D eigenvalue weighted by molar-refractivity contribution is 7.89. The molecule has 0 aliphatic rings. The van der Waals surface area contributed by atoms with E-state index < -0.39 is 15.8 Å². The van der Waals surface area contributed by atoms with E-state index >= 15 is 0 Å². The predicted octanol–water partition coefficient (Wildman–Crippen LogP) is 2.45. The number of hydrogen-bond donors (Lipinski definition) is 0. The number of methoxy groups -OCH3 is 1. The van der Waals surface area contributed by atoms with E-state index in [1.54, 1.807) is 31.5 Å². The number of benzene rings is 1. The Balaban J connectivity index is 2.25. The van der Waals surface area contributed by atoms with Gasteiger partial charge >= 0.3 is 0 Å². The van der Waals surface area contributed by atoms with Crippen molar-refractivity contribution in [1.82, 2.24) is 9.29 Å². The Bertz CT molecular complexity index is 706. The standard InChI is InChI=1S/C16H19FN2O3S/c1-22-12-4-11-19(13-15-5-2-3-10-18-15)23(20,21)16-8-6-14(17)7-9-16/h2-3,5-10H,4,11-13H2,1H3.